The van der Waals surface area contributed by atoms with Crippen LogP contribution < -0.4 is 5.32 Å². The van der Waals surface area contributed by atoms with Gasteiger partial charge in [-0.1, -0.05) is 29.3 Å². The van der Waals surface area contributed by atoms with Gasteiger partial charge >= 0.3 is 6.18 Å². The lowest BCUT2D eigenvalue weighted by atomic mass is 10.2. The Morgan fingerprint density at radius 3 is 2.61 bits per heavy atom. The fourth-order valence-corrected chi connectivity index (χ4v) is 4.60. The summed E-state index contributed by atoms with van der Waals surface area (Å²) >= 11 is 16.7. The maximum Gasteiger partial charge on any atom is 0.435 e. The Balaban J connectivity index is 1.42. The van der Waals surface area contributed by atoms with Crippen molar-refractivity contribution in [3.8, 4) is 0 Å². The summed E-state index contributed by atoms with van der Waals surface area (Å²) < 4.78 is 41.5. The van der Waals surface area contributed by atoms with Crippen LogP contribution in [0, 0.1) is 0 Å². The number of thiophene rings is 1. The topological polar surface area (TPSA) is 64.7 Å². The molecule has 0 aliphatic heterocycles. The number of rotatable bonds is 6. The van der Waals surface area contributed by atoms with Crippen molar-refractivity contribution in [3.63, 3.8) is 0 Å². The maximum atomic E-state index is 12.7. The molecule has 0 bridgehead atoms. The van der Waals surface area contributed by atoms with Crippen LogP contribution in [0.3, 0.4) is 0 Å². The number of hydrogen-bond acceptors (Lipinski definition) is 4. The Labute approximate surface area is 208 Å². The molecule has 0 atom stereocenters. The molecule has 6 nitrogen and oxygen atoms in total. The van der Waals surface area contributed by atoms with Crippen LogP contribution in [0.1, 0.15) is 26.5 Å². The van der Waals surface area contributed by atoms with Gasteiger partial charge < -0.3 is 5.32 Å². The summed E-state index contributed by atoms with van der Waals surface area (Å²) in [4.78, 5) is 13.0. The van der Waals surface area contributed by atoms with E-state index in [9.17, 15) is 18.0 Å². The molecule has 0 radical (unpaired) electrons. The number of halogens is 6. The molecule has 0 saturated carbocycles. The zero-order valence-corrected chi connectivity index (χ0v) is 20.3. The summed E-state index contributed by atoms with van der Waals surface area (Å²) in [6.45, 7) is 0.484. The lowest BCUT2D eigenvalue weighted by molar-refractivity contribution is -0.141. The molecule has 3 heterocycles. The molecular formula is C20H13BrCl2F3N5OS. The Kier molecular flexibility index (Phi) is 6.85. The van der Waals surface area contributed by atoms with Gasteiger partial charge in [-0.15, -0.1) is 11.3 Å². The highest BCUT2D eigenvalue weighted by molar-refractivity contribution is 9.10. The number of nitrogens with zero attached hydrogens (tertiary/aromatic N) is 4. The molecule has 4 rings (SSSR count). The van der Waals surface area contributed by atoms with Gasteiger partial charge in [0.2, 0.25) is 0 Å². The Morgan fingerprint density at radius 1 is 1.12 bits per heavy atom. The van der Waals surface area contributed by atoms with E-state index in [1.165, 1.54) is 22.2 Å². The molecule has 0 saturated heterocycles. The fourth-order valence-electron chi connectivity index (χ4n) is 2.92. The van der Waals surface area contributed by atoms with Gasteiger partial charge in [0.15, 0.2) is 11.5 Å². The minimum atomic E-state index is -4.50. The number of hydrogen-bond donors (Lipinski definition) is 1. The summed E-state index contributed by atoms with van der Waals surface area (Å²) in [6.07, 6.45) is -1.55. The number of carbonyl (C=O) groups excluding carboxylic acids is 1. The molecule has 13 heteroatoms. The van der Waals surface area contributed by atoms with E-state index in [-0.39, 0.29) is 6.54 Å². The fraction of sp³-hybridized carbons (Fsp3) is 0.150. The van der Waals surface area contributed by atoms with Crippen molar-refractivity contribution in [1.82, 2.24) is 19.6 Å². The highest BCUT2D eigenvalue weighted by Gasteiger charge is 2.33. The highest BCUT2D eigenvalue weighted by atomic mass is 79.9. The minimum absolute atomic E-state index is 0.111. The molecule has 1 aromatic carbocycles. The third-order valence-corrected chi connectivity index (χ3v) is 6.59. The van der Waals surface area contributed by atoms with Gasteiger partial charge in [-0.2, -0.15) is 23.4 Å². The minimum Gasteiger partial charge on any atom is -0.303 e. The number of anilines is 1. The van der Waals surface area contributed by atoms with Gasteiger partial charge in [0.1, 0.15) is 0 Å². The van der Waals surface area contributed by atoms with Crippen LogP contribution in [0.4, 0.5) is 19.0 Å². The van der Waals surface area contributed by atoms with Gasteiger partial charge in [0, 0.05) is 22.4 Å². The second-order valence-corrected chi connectivity index (χ2v) is 9.54. The number of amides is 1. The van der Waals surface area contributed by atoms with Gasteiger partial charge in [0.05, 0.1) is 22.4 Å². The van der Waals surface area contributed by atoms with Gasteiger partial charge in [-0.25, -0.2) is 0 Å². The summed E-state index contributed by atoms with van der Waals surface area (Å²) in [6, 6.07) is 7.67. The molecule has 0 fully saturated rings. The maximum absolute atomic E-state index is 12.7. The van der Waals surface area contributed by atoms with E-state index in [0.29, 0.717) is 37.3 Å². The summed E-state index contributed by atoms with van der Waals surface area (Å²) in [5.74, 6) is -0.0693. The van der Waals surface area contributed by atoms with Crippen LogP contribution in [0.25, 0.3) is 0 Å². The number of benzene rings is 1. The number of nitrogens with one attached hydrogen (secondary N) is 1. The van der Waals surface area contributed by atoms with Crippen molar-refractivity contribution in [2.75, 3.05) is 5.32 Å². The van der Waals surface area contributed by atoms with Crippen molar-refractivity contribution in [1.29, 1.82) is 0 Å². The quantitative estimate of drug-likeness (QED) is 0.281. The number of alkyl halides is 3. The molecule has 3 aromatic heterocycles. The van der Waals surface area contributed by atoms with Crippen LogP contribution in [-0.4, -0.2) is 25.5 Å². The largest absolute Gasteiger partial charge is 0.435 e. The molecule has 4 aromatic rings. The molecule has 172 valence electrons. The first kappa shape index (κ1) is 23.8. The number of carbonyl (C=O) groups is 1. The third-order valence-electron chi connectivity index (χ3n) is 4.45. The molecular weight excluding hydrogens is 566 g/mol. The molecule has 0 aliphatic carbocycles. The van der Waals surface area contributed by atoms with Crippen molar-refractivity contribution < 1.29 is 18.0 Å². The summed E-state index contributed by atoms with van der Waals surface area (Å²) in [7, 11) is 0. The van der Waals surface area contributed by atoms with E-state index in [2.05, 4.69) is 31.4 Å². The van der Waals surface area contributed by atoms with Crippen LogP contribution in [-0.2, 0) is 19.3 Å². The zero-order chi connectivity index (χ0) is 23.8. The molecule has 0 unspecified atom stereocenters. The Bertz CT molecular complexity index is 1320. The molecule has 0 spiro atoms. The first-order valence-corrected chi connectivity index (χ1v) is 11.7. The van der Waals surface area contributed by atoms with E-state index in [1.807, 2.05) is 0 Å². The third kappa shape index (κ3) is 5.78. The normalized spacial score (nSPS) is 11.7. The van der Waals surface area contributed by atoms with Crippen LogP contribution >= 0.6 is 50.5 Å². The van der Waals surface area contributed by atoms with Crippen LogP contribution in [0.5, 0.6) is 0 Å². The second kappa shape index (κ2) is 9.49. The summed E-state index contributed by atoms with van der Waals surface area (Å²) in [5.41, 5.74) is 0.504. The first-order chi connectivity index (χ1) is 15.6. The zero-order valence-electron chi connectivity index (χ0n) is 16.4. The van der Waals surface area contributed by atoms with Crippen molar-refractivity contribution in [2.24, 2.45) is 0 Å². The highest BCUT2D eigenvalue weighted by Crippen LogP contribution is 2.28. The van der Waals surface area contributed by atoms with Crippen LogP contribution in [0.2, 0.25) is 10.0 Å². The van der Waals surface area contributed by atoms with E-state index in [0.717, 1.165) is 11.6 Å². The van der Waals surface area contributed by atoms with E-state index >= 15 is 0 Å². The average Bonchev–Trinajstić information content (AvgIpc) is 3.45. The standard InChI is InChI=1S/C20H13BrCl2F3N5OS/c21-14-9-31(8-12-1-2-13(22)6-15(12)23)29-18(14)27-19(32)16-5-11(10-33-16)7-30-4-3-17(28-30)20(24,25)26/h1-6,9-10H,7-8H2,(H,27,29,32). The Hall–Kier alpha value is -2.34. The molecule has 33 heavy (non-hydrogen) atoms. The number of aromatic nitrogens is 4. The lowest BCUT2D eigenvalue weighted by Crippen LogP contribution is -2.12. The van der Waals surface area contributed by atoms with Crippen LogP contribution in [0.15, 0.2) is 52.6 Å². The van der Waals surface area contributed by atoms with E-state index in [1.54, 1.807) is 40.5 Å². The smallest absolute Gasteiger partial charge is 0.303 e. The Morgan fingerprint density at radius 2 is 1.91 bits per heavy atom. The van der Waals surface area contributed by atoms with E-state index < -0.39 is 17.8 Å². The van der Waals surface area contributed by atoms with Gasteiger partial charge in [0.25, 0.3) is 5.91 Å². The second-order valence-electron chi connectivity index (χ2n) is 6.93. The van der Waals surface area contributed by atoms with Crippen molar-refractivity contribution in [3.05, 3.63) is 84.3 Å². The predicted octanol–water partition coefficient (Wildman–Crippen LogP) is 6.58. The molecule has 0 aliphatic rings. The van der Waals surface area contributed by atoms with Gasteiger partial charge in [-0.05, 0) is 56.7 Å². The monoisotopic (exact) mass is 577 g/mol. The lowest BCUT2D eigenvalue weighted by Gasteiger charge is -2.05. The first-order valence-electron chi connectivity index (χ1n) is 9.25. The molecule has 1 amide bonds. The summed E-state index contributed by atoms with van der Waals surface area (Å²) in [5, 5.41) is 13.3. The molecule has 1 N–H and O–H groups in total. The van der Waals surface area contributed by atoms with Crippen molar-refractivity contribution in [2.45, 2.75) is 19.3 Å². The predicted molar refractivity (Wildman–Crippen MR) is 124 cm³/mol. The van der Waals surface area contributed by atoms with Gasteiger partial charge in [-0.3, -0.25) is 14.2 Å². The van der Waals surface area contributed by atoms with E-state index in [4.69, 9.17) is 23.2 Å². The van der Waals surface area contributed by atoms with Crippen molar-refractivity contribution >= 4 is 62.2 Å². The average molecular weight is 579 g/mol. The SMILES string of the molecule is O=C(Nc1nn(Cc2ccc(Cl)cc2Cl)cc1Br)c1cc(Cn2ccc(C(F)(F)F)n2)cs1.